The summed E-state index contributed by atoms with van der Waals surface area (Å²) in [5, 5.41) is 0. The van der Waals surface area contributed by atoms with Gasteiger partial charge in [0.2, 0.25) is 0 Å². The van der Waals surface area contributed by atoms with Crippen molar-refractivity contribution in [2.24, 2.45) is 5.41 Å². The third kappa shape index (κ3) is 3.72. The normalized spacial score (nSPS) is 19.1. The van der Waals surface area contributed by atoms with Gasteiger partial charge in [-0.05, 0) is 43.2 Å². The van der Waals surface area contributed by atoms with Crippen LogP contribution in [0.1, 0.15) is 37.8 Å². The molecular formula is C15H24N2S. The molecule has 0 N–H and O–H groups in total. The molecular weight excluding hydrogens is 240 g/mol. The number of thiol groups is 1. The zero-order valence-corrected chi connectivity index (χ0v) is 12.2. The lowest BCUT2D eigenvalue weighted by Crippen LogP contribution is -2.38. The van der Waals surface area contributed by atoms with E-state index >= 15 is 0 Å². The van der Waals surface area contributed by atoms with Crippen molar-refractivity contribution >= 4 is 12.6 Å². The molecule has 0 bridgehead atoms. The molecule has 1 fully saturated rings. The van der Waals surface area contributed by atoms with E-state index in [1.54, 1.807) is 0 Å². The first-order valence-electron chi connectivity index (χ1n) is 6.93. The van der Waals surface area contributed by atoms with Crippen molar-refractivity contribution in [2.45, 2.75) is 38.6 Å². The Morgan fingerprint density at radius 3 is 2.67 bits per heavy atom. The number of pyridine rings is 1. The van der Waals surface area contributed by atoms with Crippen LogP contribution in [0.25, 0.3) is 0 Å². The largest absolute Gasteiger partial charge is 0.300 e. The van der Waals surface area contributed by atoms with Gasteiger partial charge in [-0.2, -0.15) is 12.6 Å². The monoisotopic (exact) mass is 264 g/mol. The van der Waals surface area contributed by atoms with E-state index in [2.05, 4.69) is 41.7 Å². The Balaban J connectivity index is 1.91. The molecule has 3 heteroatoms. The molecule has 0 radical (unpaired) electrons. The number of aromatic nitrogens is 1. The lowest BCUT2D eigenvalue weighted by molar-refractivity contribution is 0.140. The zero-order chi connectivity index (χ0) is 12.8. The Morgan fingerprint density at radius 1 is 1.28 bits per heavy atom. The Kier molecular flexibility index (Phi) is 5.07. The average Bonchev–Trinajstić information content (AvgIpc) is 2.41. The van der Waals surface area contributed by atoms with Crippen LogP contribution >= 0.6 is 12.6 Å². The molecule has 18 heavy (non-hydrogen) atoms. The molecule has 0 amide bonds. The highest BCUT2D eigenvalue weighted by molar-refractivity contribution is 7.80. The molecule has 0 saturated heterocycles. The van der Waals surface area contributed by atoms with Crippen LogP contribution in [-0.2, 0) is 6.54 Å². The van der Waals surface area contributed by atoms with Crippen LogP contribution in [0.5, 0.6) is 0 Å². The molecule has 1 aromatic heterocycles. The third-order valence-corrected chi connectivity index (χ3v) is 4.68. The summed E-state index contributed by atoms with van der Waals surface area (Å²) >= 11 is 4.61. The quantitative estimate of drug-likeness (QED) is 0.821. The van der Waals surface area contributed by atoms with Gasteiger partial charge in [-0.15, -0.1) is 0 Å². The summed E-state index contributed by atoms with van der Waals surface area (Å²) in [4.78, 5) is 6.81. The molecule has 0 unspecified atom stereocenters. The summed E-state index contributed by atoms with van der Waals surface area (Å²) in [7, 11) is 2.20. The smallest absolute Gasteiger partial charge is 0.0543 e. The van der Waals surface area contributed by atoms with Crippen LogP contribution in [0.15, 0.2) is 24.4 Å². The maximum Gasteiger partial charge on any atom is 0.0543 e. The van der Waals surface area contributed by atoms with Crippen LogP contribution in [0.4, 0.5) is 0 Å². The van der Waals surface area contributed by atoms with Crippen molar-refractivity contribution < 1.29 is 0 Å². The molecule has 1 aliphatic carbocycles. The van der Waals surface area contributed by atoms with Gasteiger partial charge in [-0.3, -0.25) is 9.88 Å². The van der Waals surface area contributed by atoms with Crippen LogP contribution in [0.3, 0.4) is 0 Å². The fourth-order valence-electron chi connectivity index (χ4n) is 3.06. The van der Waals surface area contributed by atoms with Gasteiger partial charge >= 0.3 is 0 Å². The number of nitrogens with zero attached hydrogens (tertiary/aromatic N) is 2. The third-order valence-electron chi connectivity index (χ3n) is 4.01. The Morgan fingerprint density at radius 2 is 2.06 bits per heavy atom. The first-order valence-corrected chi connectivity index (χ1v) is 7.57. The first kappa shape index (κ1) is 13.9. The summed E-state index contributed by atoms with van der Waals surface area (Å²) in [5.74, 6) is 1.01. The van der Waals surface area contributed by atoms with Gasteiger partial charge in [-0.25, -0.2) is 0 Å². The van der Waals surface area contributed by atoms with E-state index in [9.17, 15) is 0 Å². The van der Waals surface area contributed by atoms with Crippen molar-refractivity contribution in [1.29, 1.82) is 0 Å². The average molecular weight is 264 g/mol. The van der Waals surface area contributed by atoms with E-state index in [1.165, 1.54) is 32.1 Å². The van der Waals surface area contributed by atoms with Gasteiger partial charge in [0, 0.05) is 19.3 Å². The van der Waals surface area contributed by atoms with Crippen LogP contribution in [-0.4, -0.2) is 29.2 Å². The lowest BCUT2D eigenvalue weighted by Gasteiger charge is -2.39. The SMILES string of the molecule is CN(Cc1ccccn1)CC1(CS)CCCCC1. The van der Waals surface area contributed by atoms with Crippen molar-refractivity contribution in [3.8, 4) is 0 Å². The van der Waals surface area contributed by atoms with Gasteiger partial charge in [0.05, 0.1) is 5.69 Å². The summed E-state index contributed by atoms with van der Waals surface area (Å²) in [6.07, 6.45) is 8.69. The van der Waals surface area contributed by atoms with Gasteiger partial charge in [-0.1, -0.05) is 25.3 Å². The molecule has 1 aromatic rings. The molecule has 2 rings (SSSR count). The zero-order valence-electron chi connectivity index (χ0n) is 11.3. The fraction of sp³-hybridized carbons (Fsp3) is 0.667. The van der Waals surface area contributed by atoms with Gasteiger partial charge in [0.1, 0.15) is 0 Å². The van der Waals surface area contributed by atoms with Gasteiger partial charge in [0.25, 0.3) is 0 Å². The van der Waals surface area contributed by atoms with E-state index < -0.39 is 0 Å². The second-order valence-corrected chi connectivity index (χ2v) is 6.03. The minimum Gasteiger partial charge on any atom is -0.300 e. The first-order chi connectivity index (χ1) is 8.74. The van der Waals surface area contributed by atoms with E-state index in [1.807, 2.05) is 12.3 Å². The molecule has 0 aromatic carbocycles. The predicted octanol–water partition coefficient (Wildman–Crippen LogP) is 3.39. The lowest BCUT2D eigenvalue weighted by atomic mass is 9.75. The highest BCUT2D eigenvalue weighted by atomic mass is 32.1. The molecule has 1 saturated carbocycles. The molecule has 1 heterocycles. The minimum absolute atomic E-state index is 0.435. The van der Waals surface area contributed by atoms with Crippen LogP contribution < -0.4 is 0 Å². The number of hydrogen-bond acceptors (Lipinski definition) is 3. The van der Waals surface area contributed by atoms with E-state index in [4.69, 9.17) is 0 Å². The second-order valence-electron chi connectivity index (χ2n) is 5.71. The maximum atomic E-state index is 4.61. The van der Waals surface area contributed by atoms with Crippen LogP contribution in [0, 0.1) is 5.41 Å². The van der Waals surface area contributed by atoms with Gasteiger partial charge < -0.3 is 0 Å². The maximum absolute atomic E-state index is 4.61. The van der Waals surface area contributed by atoms with Crippen molar-refractivity contribution in [1.82, 2.24) is 9.88 Å². The highest BCUT2D eigenvalue weighted by Gasteiger charge is 2.31. The predicted molar refractivity (Wildman–Crippen MR) is 79.9 cm³/mol. The van der Waals surface area contributed by atoms with Gasteiger partial charge in [0.15, 0.2) is 0 Å². The van der Waals surface area contributed by atoms with E-state index in [-0.39, 0.29) is 0 Å². The molecule has 1 aliphatic rings. The topological polar surface area (TPSA) is 16.1 Å². The Bertz CT molecular complexity index is 347. The fourth-order valence-corrected chi connectivity index (χ4v) is 3.48. The summed E-state index contributed by atoms with van der Waals surface area (Å²) in [6, 6.07) is 6.13. The molecule has 2 nitrogen and oxygen atoms in total. The number of hydrogen-bond donors (Lipinski definition) is 1. The summed E-state index contributed by atoms with van der Waals surface area (Å²) in [5.41, 5.74) is 1.59. The van der Waals surface area contributed by atoms with Crippen molar-refractivity contribution in [3.05, 3.63) is 30.1 Å². The number of rotatable bonds is 5. The second kappa shape index (κ2) is 6.58. The summed E-state index contributed by atoms with van der Waals surface area (Å²) in [6.45, 7) is 2.09. The minimum atomic E-state index is 0.435. The van der Waals surface area contributed by atoms with Crippen LogP contribution in [0.2, 0.25) is 0 Å². The van der Waals surface area contributed by atoms with E-state index in [0.717, 1.165) is 24.5 Å². The molecule has 0 atom stereocenters. The standard InChI is InChI=1S/C15H24N2S/c1-17(11-14-7-3-6-10-16-14)12-15(13-18)8-4-2-5-9-15/h3,6-7,10,18H,2,4-5,8-9,11-13H2,1H3. The highest BCUT2D eigenvalue weighted by Crippen LogP contribution is 2.37. The molecule has 0 spiro atoms. The molecule has 100 valence electrons. The summed E-state index contributed by atoms with van der Waals surface area (Å²) < 4.78 is 0. The molecule has 0 aliphatic heterocycles. The Labute approximate surface area is 116 Å². The Hall–Kier alpha value is -0.540. The van der Waals surface area contributed by atoms with Crippen molar-refractivity contribution in [3.63, 3.8) is 0 Å². The van der Waals surface area contributed by atoms with Crippen molar-refractivity contribution in [2.75, 3.05) is 19.3 Å². The van der Waals surface area contributed by atoms with E-state index in [0.29, 0.717) is 5.41 Å².